The highest BCUT2D eigenvalue weighted by Crippen LogP contribution is 2.25. The molecule has 2 heterocycles. The summed E-state index contributed by atoms with van der Waals surface area (Å²) < 4.78 is 82.1. The molecule has 0 saturated carbocycles. The molecule has 2 aromatic carbocycles. The molecule has 2 aromatic heterocycles. The van der Waals surface area contributed by atoms with Crippen LogP contribution >= 0.6 is 22.6 Å². The predicted octanol–water partition coefficient (Wildman–Crippen LogP) is 5.54. The van der Waals surface area contributed by atoms with E-state index in [0.717, 1.165) is 0 Å². The summed E-state index contributed by atoms with van der Waals surface area (Å²) >= 11 is 1.85. The topological polar surface area (TPSA) is 84.2 Å². The van der Waals surface area contributed by atoms with Crippen molar-refractivity contribution < 1.29 is 35.8 Å². The molecule has 0 radical (unpaired) electrons. The molecular formula is C22H15F6IN2O4. The SMILES string of the molecule is O=c1c(I)c[nH]c2c(OCC(F)(F)F)cccc12.O=c1cc[nH]c2c(OCC(F)(F)F)cccc12. The third-order valence-corrected chi connectivity index (χ3v) is 5.17. The molecule has 186 valence electrons. The normalized spacial score (nSPS) is 11.7. The molecule has 0 amide bonds. The van der Waals surface area contributed by atoms with Crippen LogP contribution in [0.2, 0.25) is 0 Å². The lowest BCUT2D eigenvalue weighted by molar-refractivity contribution is -0.153. The second-order valence-corrected chi connectivity index (χ2v) is 8.13. The monoisotopic (exact) mass is 612 g/mol. The minimum Gasteiger partial charge on any atom is -0.482 e. The zero-order chi connectivity index (χ0) is 25.8. The van der Waals surface area contributed by atoms with Gasteiger partial charge in [-0.2, -0.15) is 26.3 Å². The van der Waals surface area contributed by atoms with Gasteiger partial charge in [0.1, 0.15) is 11.5 Å². The van der Waals surface area contributed by atoms with Gasteiger partial charge in [-0.3, -0.25) is 9.59 Å². The van der Waals surface area contributed by atoms with Crippen molar-refractivity contribution in [1.29, 1.82) is 0 Å². The van der Waals surface area contributed by atoms with Crippen LogP contribution in [0.4, 0.5) is 26.3 Å². The fourth-order valence-corrected chi connectivity index (χ4v) is 3.38. The van der Waals surface area contributed by atoms with Crippen molar-refractivity contribution >= 4 is 44.4 Å². The van der Waals surface area contributed by atoms with E-state index in [1.54, 1.807) is 0 Å². The van der Waals surface area contributed by atoms with Crippen molar-refractivity contribution in [1.82, 2.24) is 9.97 Å². The Morgan fingerprint density at radius 1 is 0.743 bits per heavy atom. The lowest BCUT2D eigenvalue weighted by atomic mass is 10.2. The fraction of sp³-hybridized carbons (Fsp3) is 0.182. The van der Waals surface area contributed by atoms with Crippen molar-refractivity contribution in [2.45, 2.75) is 12.4 Å². The van der Waals surface area contributed by atoms with E-state index in [4.69, 9.17) is 0 Å². The number of nitrogens with one attached hydrogen (secondary N) is 2. The van der Waals surface area contributed by atoms with E-state index in [1.807, 2.05) is 22.6 Å². The number of H-pyrrole nitrogens is 2. The van der Waals surface area contributed by atoms with Gasteiger partial charge < -0.3 is 19.4 Å². The van der Waals surface area contributed by atoms with Gasteiger partial charge in [-0.25, -0.2) is 0 Å². The van der Waals surface area contributed by atoms with Crippen LogP contribution in [0.1, 0.15) is 0 Å². The highest BCUT2D eigenvalue weighted by atomic mass is 127. The largest absolute Gasteiger partial charge is 0.482 e. The van der Waals surface area contributed by atoms with Crippen LogP contribution in [0.3, 0.4) is 0 Å². The number of hydrogen-bond acceptors (Lipinski definition) is 4. The molecule has 13 heteroatoms. The highest BCUT2D eigenvalue weighted by Gasteiger charge is 2.29. The second-order valence-electron chi connectivity index (χ2n) is 6.97. The predicted molar refractivity (Wildman–Crippen MR) is 125 cm³/mol. The summed E-state index contributed by atoms with van der Waals surface area (Å²) in [5, 5.41) is 0.605. The summed E-state index contributed by atoms with van der Waals surface area (Å²) in [6.07, 6.45) is -6.01. The van der Waals surface area contributed by atoms with Gasteiger partial charge in [0.05, 0.1) is 20.0 Å². The minimum atomic E-state index is -4.41. The Bertz CT molecular complexity index is 1450. The molecule has 0 aliphatic carbocycles. The van der Waals surface area contributed by atoms with E-state index >= 15 is 0 Å². The Morgan fingerprint density at radius 2 is 1.26 bits per heavy atom. The summed E-state index contributed by atoms with van der Waals surface area (Å²) in [7, 11) is 0. The Balaban J connectivity index is 0.000000196. The molecule has 0 aliphatic rings. The third-order valence-electron chi connectivity index (χ3n) is 4.37. The van der Waals surface area contributed by atoms with Crippen molar-refractivity contribution in [2.24, 2.45) is 0 Å². The molecule has 0 fully saturated rings. The van der Waals surface area contributed by atoms with Crippen molar-refractivity contribution in [2.75, 3.05) is 13.2 Å². The van der Waals surface area contributed by atoms with Gasteiger partial charge in [0.15, 0.2) is 18.6 Å². The molecule has 4 aromatic rings. The molecule has 0 aliphatic heterocycles. The molecular weight excluding hydrogens is 597 g/mol. The Kier molecular flexibility index (Phi) is 7.97. The van der Waals surface area contributed by atoms with Gasteiger partial charge >= 0.3 is 12.4 Å². The zero-order valence-corrected chi connectivity index (χ0v) is 19.5. The number of pyridine rings is 2. The average Bonchev–Trinajstić information content (AvgIpc) is 2.78. The van der Waals surface area contributed by atoms with Crippen LogP contribution in [-0.2, 0) is 0 Å². The van der Waals surface area contributed by atoms with Crippen molar-refractivity contribution in [3.8, 4) is 11.5 Å². The van der Waals surface area contributed by atoms with E-state index in [9.17, 15) is 35.9 Å². The van der Waals surface area contributed by atoms with Crippen LogP contribution in [0.5, 0.6) is 11.5 Å². The van der Waals surface area contributed by atoms with E-state index in [2.05, 4.69) is 19.4 Å². The van der Waals surface area contributed by atoms with Gasteiger partial charge in [-0.1, -0.05) is 12.1 Å². The highest BCUT2D eigenvalue weighted by molar-refractivity contribution is 14.1. The Morgan fingerprint density at radius 3 is 1.80 bits per heavy atom. The van der Waals surface area contributed by atoms with E-state index in [-0.39, 0.29) is 33.4 Å². The van der Waals surface area contributed by atoms with Crippen LogP contribution in [-0.4, -0.2) is 35.5 Å². The number of rotatable bonds is 4. The quantitative estimate of drug-likeness (QED) is 0.234. The van der Waals surface area contributed by atoms with Gasteiger partial charge in [0.2, 0.25) is 5.43 Å². The molecule has 0 bridgehead atoms. The maximum Gasteiger partial charge on any atom is 0.422 e. The smallest absolute Gasteiger partial charge is 0.422 e. The molecule has 35 heavy (non-hydrogen) atoms. The van der Waals surface area contributed by atoms with Gasteiger partial charge in [0, 0.05) is 23.8 Å². The van der Waals surface area contributed by atoms with Crippen LogP contribution in [0.25, 0.3) is 21.8 Å². The van der Waals surface area contributed by atoms with Crippen LogP contribution < -0.4 is 20.3 Å². The Hall–Kier alpha value is -3.23. The second kappa shape index (κ2) is 10.6. The van der Waals surface area contributed by atoms with Gasteiger partial charge in [-0.15, -0.1) is 0 Å². The first-order valence-corrected chi connectivity index (χ1v) is 10.7. The van der Waals surface area contributed by atoms with Gasteiger partial charge in [0.25, 0.3) is 0 Å². The summed E-state index contributed by atoms with van der Waals surface area (Å²) in [6, 6.07) is 10.1. The first kappa shape index (κ1) is 26.4. The fourth-order valence-electron chi connectivity index (χ4n) is 2.93. The zero-order valence-electron chi connectivity index (χ0n) is 17.4. The first-order chi connectivity index (χ1) is 16.4. The number of aromatic nitrogens is 2. The van der Waals surface area contributed by atoms with Crippen LogP contribution in [0.15, 0.2) is 64.4 Å². The van der Waals surface area contributed by atoms with Crippen molar-refractivity contribution in [3.63, 3.8) is 0 Å². The standard InChI is InChI=1S/C11H7F3INO2.C11H8F3NO2/c12-11(13,14)5-18-8-3-1-2-6-9(8)16-4-7(15)10(6)17;12-11(13,14)6-17-9-3-1-2-7-8(16)4-5-15-10(7)9/h1-4H,5H2,(H,16,17);1-5H,6H2,(H,15,16). The number of hydrogen-bond donors (Lipinski definition) is 2. The minimum absolute atomic E-state index is 0.0116. The molecule has 0 unspecified atom stereocenters. The molecule has 6 nitrogen and oxygen atoms in total. The molecule has 0 spiro atoms. The molecule has 0 atom stereocenters. The first-order valence-electron chi connectivity index (χ1n) is 9.65. The summed E-state index contributed by atoms with van der Waals surface area (Å²) in [5.41, 5.74) is 0.0365. The third kappa shape index (κ3) is 7.13. The maximum absolute atomic E-state index is 12.1. The van der Waals surface area contributed by atoms with Gasteiger partial charge in [-0.05, 0) is 46.9 Å². The lowest BCUT2D eigenvalue weighted by Gasteiger charge is -2.11. The number of para-hydroxylation sites is 2. The number of fused-ring (bicyclic) bond motifs is 2. The summed E-state index contributed by atoms with van der Waals surface area (Å²) in [5.74, 6) is 0.0239. The van der Waals surface area contributed by atoms with E-state index in [0.29, 0.717) is 14.3 Å². The molecule has 0 saturated heterocycles. The van der Waals surface area contributed by atoms with Crippen molar-refractivity contribution in [3.05, 3.63) is 78.9 Å². The molecule has 2 N–H and O–H groups in total. The Labute approximate surface area is 206 Å². The average molecular weight is 612 g/mol. The summed E-state index contributed by atoms with van der Waals surface area (Å²) in [6.45, 7) is -2.77. The number of benzene rings is 2. The van der Waals surface area contributed by atoms with E-state index < -0.39 is 25.6 Å². The van der Waals surface area contributed by atoms with E-state index in [1.165, 1.54) is 54.9 Å². The number of halogens is 7. The molecule has 4 rings (SSSR count). The number of aromatic amines is 2. The number of alkyl halides is 6. The summed E-state index contributed by atoms with van der Waals surface area (Å²) in [4.78, 5) is 28.7. The lowest BCUT2D eigenvalue weighted by Crippen LogP contribution is -2.19. The maximum atomic E-state index is 12.1. The van der Waals surface area contributed by atoms with Crippen LogP contribution in [0, 0.1) is 3.57 Å². The number of ether oxygens (including phenoxy) is 2.